The highest BCUT2D eigenvalue weighted by Crippen LogP contribution is 2.44. The summed E-state index contributed by atoms with van der Waals surface area (Å²) in [6, 6.07) is 84.7. The first-order chi connectivity index (χ1) is 29.7. The van der Waals surface area contributed by atoms with E-state index in [0.29, 0.717) is 0 Å². The number of rotatable bonds is 8. The van der Waals surface area contributed by atoms with Gasteiger partial charge in [-0.3, -0.25) is 0 Å². The molecule has 0 amide bonds. The Morgan fingerprint density at radius 3 is 1.55 bits per heavy atom. The minimum absolute atomic E-state index is 0.858. The van der Waals surface area contributed by atoms with Crippen LogP contribution in [0.25, 0.3) is 88.3 Å². The summed E-state index contributed by atoms with van der Waals surface area (Å²) in [7, 11) is 0. The fourth-order valence-corrected chi connectivity index (χ4v) is 8.76. The van der Waals surface area contributed by atoms with Gasteiger partial charge < -0.3 is 9.32 Å². The Bertz CT molecular complexity index is 3290. The van der Waals surface area contributed by atoms with Crippen LogP contribution >= 0.6 is 0 Å². The van der Waals surface area contributed by atoms with Crippen molar-refractivity contribution in [1.29, 1.82) is 0 Å². The highest BCUT2D eigenvalue weighted by Gasteiger charge is 2.20. The Morgan fingerprint density at radius 2 is 0.817 bits per heavy atom. The maximum Gasteiger partial charge on any atom is 0.143 e. The van der Waals surface area contributed by atoms with Gasteiger partial charge in [-0.15, -0.1) is 0 Å². The zero-order valence-electron chi connectivity index (χ0n) is 32.9. The summed E-state index contributed by atoms with van der Waals surface area (Å²) in [4.78, 5) is 2.34. The van der Waals surface area contributed by atoms with Crippen molar-refractivity contribution in [1.82, 2.24) is 0 Å². The topological polar surface area (TPSA) is 16.4 Å². The number of para-hydroxylation sites is 1. The van der Waals surface area contributed by atoms with Crippen LogP contribution in [0.2, 0.25) is 0 Å². The summed E-state index contributed by atoms with van der Waals surface area (Å²) in [6.45, 7) is 0. The SMILES string of the molecule is c1ccc(-c2ccccc2-c2ccc(N(c3ccc(-c4ccc5c(ccc6ccccc65)c4)cc3)c3cccc(-c4oc5ccccc5c4-c4ccccc4)c3)cc2)cc1. The number of fused-ring (bicyclic) bond motifs is 4. The molecule has 0 atom stereocenters. The molecule has 2 nitrogen and oxygen atoms in total. The van der Waals surface area contributed by atoms with Crippen LogP contribution in [0.4, 0.5) is 17.1 Å². The third-order valence-electron chi connectivity index (χ3n) is 11.7. The molecule has 0 radical (unpaired) electrons. The first-order valence-electron chi connectivity index (χ1n) is 20.5. The highest BCUT2D eigenvalue weighted by molar-refractivity contribution is 6.08. The third-order valence-corrected chi connectivity index (χ3v) is 11.7. The van der Waals surface area contributed by atoms with Gasteiger partial charge in [-0.1, -0.05) is 188 Å². The molecule has 0 aliphatic rings. The van der Waals surface area contributed by atoms with Crippen LogP contribution < -0.4 is 4.90 Å². The van der Waals surface area contributed by atoms with E-state index in [1.807, 2.05) is 6.07 Å². The van der Waals surface area contributed by atoms with Crippen LogP contribution in [0.15, 0.2) is 241 Å². The van der Waals surface area contributed by atoms with Crippen molar-refractivity contribution in [3.05, 3.63) is 237 Å². The number of hydrogen-bond acceptors (Lipinski definition) is 2. The van der Waals surface area contributed by atoms with Crippen molar-refractivity contribution in [3.8, 4) is 55.8 Å². The van der Waals surface area contributed by atoms with Crippen LogP contribution in [-0.2, 0) is 0 Å². The summed E-state index contributed by atoms with van der Waals surface area (Å²) in [5.74, 6) is 0.858. The van der Waals surface area contributed by atoms with Gasteiger partial charge >= 0.3 is 0 Å². The molecule has 2 heteroatoms. The lowest BCUT2D eigenvalue weighted by Crippen LogP contribution is -2.10. The summed E-state index contributed by atoms with van der Waals surface area (Å²) in [5.41, 5.74) is 14.4. The molecular weight excluding hydrogens is 727 g/mol. The first kappa shape index (κ1) is 35.2. The maximum atomic E-state index is 6.70. The smallest absolute Gasteiger partial charge is 0.143 e. The third kappa shape index (κ3) is 6.41. The second-order valence-electron chi connectivity index (χ2n) is 15.3. The molecule has 282 valence electrons. The molecular formula is C58H39NO. The Hall–Kier alpha value is -7.94. The minimum Gasteiger partial charge on any atom is -0.455 e. The van der Waals surface area contributed by atoms with E-state index < -0.39 is 0 Å². The van der Waals surface area contributed by atoms with Crippen LogP contribution in [-0.4, -0.2) is 0 Å². The molecule has 0 aliphatic carbocycles. The van der Waals surface area contributed by atoms with E-state index in [2.05, 4.69) is 235 Å². The Balaban J connectivity index is 1.02. The van der Waals surface area contributed by atoms with Crippen molar-refractivity contribution in [2.24, 2.45) is 0 Å². The quantitative estimate of drug-likeness (QED) is 0.143. The minimum atomic E-state index is 0.858. The van der Waals surface area contributed by atoms with Gasteiger partial charge in [0.2, 0.25) is 0 Å². The summed E-state index contributed by atoms with van der Waals surface area (Å²) < 4.78 is 6.70. The normalized spacial score (nSPS) is 11.3. The summed E-state index contributed by atoms with van der Waals surface area (Å²) in [6.07, 6.45) is 0. The van der Waals surface area contributed by atoms with Crippen LogP contribution in [0, 0.1) is 0 Å². The summed E-state index contributed by atoms with van der Waals surface area (Å²) in [5, 5.41) is 6.15. The first-order valence-corrected chi connectivity index (χ1v) is 20.5. The van der Waals surface area contributed by atoms with E-state index in [9.17, 15) is 0 Å². The molecule has 0 unspecified atom stereocenters. The predicted octanol–water partition coefficient (Wildman–Crippen LogP) is 16.5. The number of hydrogen-bond donors (Lipinski definition) is 0. The van der Waals surface area contributed by atoms with E-state index in [1.54, 1.807) is 0 Å². The molecule has 1 heterocycles. The van der Waals surface area contributed by atoms with Gasteiger partial charge in [-0.2, -0.15) is 0 Å². The molecule has 60 heavy (non-hydrogen) atoms. The van der Waals surface area contributed by atoms with Crippen LogP contribution in [0.1, 0.15) is 0 Å². The average Bonchev–Trinajstić information content (AvgIpc) is 3.72. The van der Waals surface area contributed by atoms with Gasteiger partial charge in [0.1, 0.15) is 11.3 Å². The largest absolute Gasteiger partial charge is 0.455 e. The lowest BCUT2D eigenvalue weighted by Gasteiger charge is -2.26. The van der Waals surface area contributed by atoms with Crippen LogP contribution in [0.3, 0.4) is 0 Å². The Labute approximate surface area is 349 Å². The van der Waals surface area contributed by atoms with Crippen molar-refractivity contribution in [3.63, 3.8) is 0 Å². The Morgan fingerprint density at radius 1 is 0.283 bits per heavy atom. The maximum absolute atomic E-state index is 6.70. The van der Waals surface area contributed by atoms with E-state index >= 15 is 0 Å². The van der Waals surface area contributed by atoms with E-state index in [4.69, 9.17) is 4.42 Å². The predicted molar refractivity (Wildman–Crippen MR) is 253 cm³/mol. The summed E-state index contributed by atoms with van der Waals surface area (Å²) >= 11 is 0. The molecule has 1 aromatic heterocycles. The van der Waals surface area contributed by atoms with E-state index in [-0.39, 0.29) is 0 Å². The van der Waals surface area contributed by atoms with Crippen molar-refractivity contribution in [2.75, 3.05) is 4.90 Å². The lowest BCUT2D eigenvalue weighted by atomic mass is 9.94. The van der Waals surface area contributed by atoms with Gasteiger partial charge in [-0.05, 0) is 109 Å². The van der Waals surface area contributed by atoms with Gasteiger partial charge in [0.25, 0.3) is 0 Å². The Kier molecular flexibility index (Phi) is 8.87. The van der Waals surface area contributed by atoms with Gasteiger partial charge in [0.15, 0.2) is 0 Å². The monoisotopic (exact) mass is 765 g/mol. The standard InChI is InChI=1S/C58H39NO/c1-3-14-41(15-4-1)51-22-9-10-23-53(51)43-30-35-49(36-31-43)59(48-33-28-40(29-34-48)45-32-37-54-46(38-45)27-26-42-16-7-8-21-52(42)54)50-20-13-19-47(39-50)58-57(44-17-5-2-6-18-44)55-24-11-12-25-56(55)60-58/h1-39H. The molecule has 0 fully saturated rings. The molecule has 10 aromatic carbocycles. The molecule has 0 spiro atoms. The van der Waals surface area contributed by atoms with E-state index in [1.165, 1.54) is 54.9 Å². The molecule has 0 N–H and O–H groups in total. The molecule has 0 aliphatic heterocycles. The molecule has 0 bridgehead atoms. The van der Waals surface area contributed by atoms with E-state index in [0.717, 1.165) is 50.5 Å². The fraction of sp³-hybridized carbons (Fsp3) is 0. The van der Waals surface area contributed by atoms with Crippen LogP contribution in [0.5, 0.6) is 0 Å². The fourth-order valence-electron chi connectivity index (χ4n) is 8.76. The number of nitrogens with zero attached hydrogens (tertiary/aromatic N) is 1. The lowest BCUT2D eigenvalue weighted by molar-refractivity contribution is 0.632. The number of anilines is 3. The molecule has 0 saturated carbocycles. The second-order valence-corrected chi connectivity index (χ2v) is 15.3. The van der Waals surface area contributed by atoms with Crippen molar-refractivity contribution in [2.45, 2.75) is 0 Å². The second kappa shape index (κ2) is 15.1. The average molecular weight is 766 g/mol. The van der Waals surface area contributed by atoms with Crippen molar-refractivity contribution < 1.29 is 4.42 Å². The molecule has 0 saturated heterocycles. The van der Waals surface area contributed by atoms with Gasteiger partial charge in [0.05, 0.1) is 0 Å². The highest BCUT2D eigenvalue weighted by atomic mass is 16.3. The number of benzene rings is 10. The number of furan rings is 1. The molecule has 11 aromatic rings. The van der Waals surface area contributed by atoms with Crippen molar-refractivity contribution >= 4 is 49.6 Å². The zero-order valence-corrected chi connectivity index (χ0v) is 32.9. The van der Waals surface area contributed by atoms with Gasteiger partial charge in [-0.25, -0.2) is 0 Å². The zero-order chi connectivity index (χ0) is 39.8. The van der Waals surface area contributed by atoms with Gasteiger partial charge in [0, 0.05) is 33.6 Å². The molecule has 11 rings (SSSR count).